The first-order valence-electron chi connectivity index (χ1n) is 7.93. The standard InChI is InChI=1S/C19H15N5O2/c1-25-16-8-10-21-17(11-16)18-23-19(26-24-18)13-4-6-14(7-5-13)22-15-3-2-9-20-12-15/h2-12,22H,1H3. The average molecular weight is 345 g/mol. The summed E-state index contributed by atoms with van der Waals surface area (Å²) in [5.41, 5.74) is 3.28. The van der Waals surface area contributed by atoms with E-state index >= 15 is 0 Å². The highest BCUT2D eigenvalue weighted by atomic mass is 16.5. The molecule has 0 saturated heterocycles. The second kappa shape index (κ2) is 7.02. The maximum absolute atomic E-state index is 5.36. The van der Waals surface area contributed by atoms with E-state index in [1.54, 1.807) is 37.8 Å². The Bertz CT molecular complexity index is 1000. The minimum atomic E-state index is 0.413. The molecule has 0 bridgehead atoms. The molecule has 128 valence electrons. The van der Waals surface area contributed by atoms with Gasteiger partial charge in [-0.15, -0.1) is 0 Å². The zero-order valence-electron chi connectivity index (χ0n) is 14.0. The van der Waals surface area contributed by atoms with Crippen molar-refractivity contribution >= 4 is 11.4 Å². The molecule has 4 rings (SSSR count). The zero-order chi connectivity index (χ0) is 17.8. The summed E-state index contributed by atoms with van der Waals surface area (Å²) in [6, 6.07) is 15.1. The third-order valence-corrected chi connectivity index (χ3v) is 3.70. The number of hydrogen-bond acceptors (Lipinski definition) is 7. The minimum absolute atomic E-state index is 0.413. The fourth-order valence-corrected chi connectivity index (χ4v) is 2.40. The molecule has 0 fully saturated rings. The van der Waals surface area contributed by atoms with Crippen LogP contribution in [0, 0.1) is 0 Å². The molecule has 0 atom stereocenters. The molecule has 0 radical (unpaired) electrons. The van der Waals surface area contributed by atoms with Gasteiger partial charge in [-0.1, -0.05) is 5.16 Å². The number of pyridine rings is 2. The van der Waals surface area contributed by atoms with Crippen LogP contribution in [0.3, 0.4) is 0 Å². The van der Waals surface area contributed by atoms with Crippen LogP contribution in [0.5, 0.6) is 5.75 Å². The number of anilines is 2. The summed E-state index contributed by atoms with van der Waals surface area (Å²) in [5.74, 6) is 1.53. The van der Waals surface area contributed by atoms with Crippen molar-refractivity contribution in [1.82, 2.24) is 20.1 Å². The van der Waals surface area contributed by atoms with Gasteiger partial charge in [0.15, 0.2) is 0 Å². The van der Waals surface area contributed by atoms with E-state index in [1.807, 2.05) is 36.4 Å². The predicted molar refractivity (Wildman–Crippen MR) is 97.0 cm³/mol. The van der Waals surface area contributed by atoms with Gasteiger partial charge in [-0.3, -0.25) is 9.97 Å². The summed E-state index contributed by atoms with van der Waals surface area (Å²) in [5, 5.41) is 7.27. The Kier molecular flexibility index (Phi) is 4.26. The monoisotopic (exact) mass is 345 g/mol. The molecule has 0 saturated carbocycles. The second-order valence-corrected chi connectivity index (χ2v) is 5.45. The molecule has 1 aromatic carbocycles. The number of ether oxygens (including phenoxy) is 1. The van der Waals surface area contributed by atoms with Crippen molar-refractivity contribution in [3.05, 3.63) is 67.1 Å². The van der Waals surface area contributed by atoms with E-state index in [2.05, 4.69) is 25.4 Å². The van der Waals surface area contributed by atoms with Crippen LogP contribution in [0.2, 0.25) is 0 Å². The van der Waals surface area contributed by atoms with Crippen LogP contribution in [-0.2, 0) is 0 Å². The number of aromatic nitrogens is 4. The highest BCUT2D eigenvalue weighted by Crippen LogP contribution is 2.25. The van der Waals surface area contributed by atoms with Gasteiger partial charge in [0.05, 0.1) is 19.0 Å². The van der Waals surface area contributed by atoms with Crippen molar-refractivity contribution in [2.45, 2.75) is 0 Å². The Morgan fingerprint density at radius 2 is 1.88 bits per heavy atom. The molecule has 7 nitrogen and oxygen atoms in total. The molecule has 0 aliphatic heterocycles. The Morgan fingerprint density at radius 1 is 1.00 bits per heavy atom. The number of nitrogens with zero attached hydrogens (tertiary/aromatic N) is 4. The van der Waals surface area contributed by atoms with Crippen LogP contribution in [-0.4, -0.2) is 27.2 Å². The van der Waals surface area contributed by atoms with Crippen LogP contribution in [0.25, 0.3) is 23.0 Å². The summed E-state index contributed by atoms with van der Waals surface area (Å²) in [4.78, 5) is 12.7. The average Bonchev–Trinajstić information content (AvgIpc) is 3.20. The summed E-state index contributed by atoms with van der Waals surface area (Å²) in [6.45, 7) is 0. The SMILES string of the molecule is COc1ccnc(-c2noc(-c3ccc(Nc4cccnc4)cc3)n2)c1. The first-order chi connectivity index (χ1) is 12.8. The summed E-state index contributed by atoms with van der Waals surface area (Å²) in [6.07, 6.45) is 5.14. The van der Waals surface area contributed by atoms with Gasteiger partial charge in [-0.25, -0.2) is 0 Å². The molecule has 1 N–H and O–H groups in total. The van der Waals surface area contributed by atoms with E-state index in [-0.39, 0.29) is 0 Å². The van der Waals surface area contributed by atoms with E-state index in [0.717, 1.165) is 16.9 Å². The lowest BCUT2D eigenvalue weighted by molar-refractivity contribution is 0.414. The van der Waals surface area contributed by atoms with E-state index in [9.17, 15) is 0 Å². The van der Waals surface area contributed by atoms with E-state index in [0.29, 0.717) is 23.2 Å². The van der Waals surface area contributed by atoms with Crippen molar-refractivity contribution in [2.24, 2.45) is 0 Å². The third kappa shape index (κ3) is 3.36. The van der Waals surface area contributed by atoms with Crippen molar-refractivity contribution in [3.8, 4) is 28.7 Å². The second-order valence-electron chi connectivity index (χ2n) is 5.45. The molecule has 0 unspecified atom stereocenters. The molecular formula is C19H15N5O2. The van der Waals surface area contributed by atoms with Gasteiger partial charge in [-0.05, 0) is 42.5 Å². The van der Waals surface area contributed by atoms with E-state index in [1.165, 1.54) is 0 Å². The Morgan fingerprint density at radius 3 is 2.65 bits per heavy atom. The lowest BCUT2D eigenvalue weighted by atomic mass is 10.2. The molecule has 0 aliphatic carbocycles. The highest BCUT2D eigenvalue weighted by Gasteiger charge is 2.12. The Balaban J connectivity index is 1.54. The Hall–Kier alpha value is -3.74. The van der Waals surface area contributed by atoms with E-state index in [4.69, 9.17) is 9.26 Å². The molecule has 7 heteroatoms. The maximum Gasteiger partial charge on any atom is 0.258 e. The topological polar surface area (TPSA) is 86.0 Å². The van der Waals surface area contributed by atoms with Crippen molar-refractivity contribution < 1.29 is 9.26 Å². The number of benzene rings is 1. The van der Waals surface area contributed by atoms with Gasteiger partial charge in [0.2, 0.25) is 5.82 Å². The zero-order valence-corrected chi connectivity index (χ0v) is 14.0. The van der Waals surface area contributed by atoms with Gasteiger partial charge < -0.3 is 14.6 Å². The highest BCUT2D eigenvalue weighted by molar-refractivity contribution is 5.64. The number of methoxy groups -OCH3 is 1. The molecular weight excluding hydrogens is 330 g/mol. The van der Waals surface area contributed by atoms with Gasteiger partial charge in [0, 0.05) is 29.7 Å². The van der Waals surface area contributed by atoms with Crippen LogP contribution in [0.15, 0.2) is 71.6 Å². The fourth-order valence-electron chi connectivity index (χ4n) is 2.40. The lowest BCUT2D eigenvalue weighted by Gasteiger charge is -2.05. The largest absolute Gasteiger partial charge is 0.497 e. The molecule has 0 aliphatic rings. The quantitative estimate of drug-likeness (QED) is 0.586. The van der Waals surface area contributed by atoms with Crippen LogP contribution in [0.4, 0.5) is 11.4 Å². The van der Waals surface area contributed by atoms with Gasteiger partial charge in [0.25, 0.3) is 5.89 Å². The molecule has 26 heavy (non-hydrogen) atoms. The third-order valence-electron chi connectivity index (χ3n) is 3.70. The first-order valence-corrected chi connectivity index (χ1v) is 7.93. The van der Waals surface area contributed by atoms with Crippen molar-refractivity contribution in [2.75, 3.05) is 12.4 Å². The summed E-state index contributed by atoms with van der Waals surface area (Å²) >= 11 is 0. The van der Waals surface area contributed by atoms with Gasteiger partial charge in [-0.2, -0.15) is 4.98 Å². The van der Waals surface area contributed by atoms with Gasteiger partial charge >= 0.3 is 0 Å². The summed E-state index contributed by atoms with van der Waals surface area (Å²) in [7, 11) is 1.60. The minimum Gasteiger partial charge on any atom is -0.497 e. The fraction of sp³-hybridized carbons (Fsp3) is 0.0526. The van der Waals surface area contributed by atoms with Crippen LogP contribution >= 0.6 is 0 Å². The maximum atomic E-state index is 5.36. The molecule has 0 amide bonds. The van der Waals surface area contributed by atoms with Gasteiger partial charge in [0.1, 0.15) is 11.4 Å². The number of rotatable bonds is 5. The van der Waals surface area contributed by atoms with Crippen molar-refractivity contribution in [3.63, 3.8) is 0 Å². The smallest absolute Gasteiger partial charge is 0.258 e. The predicted octanol–water partition coefficient (Wildman–Crippen LogP) is 3.95. The van der Waals surface area contributed by atoms with E-state index < -0.39 is 0 Å². The number of hydrogen-bond donors (Lipinski definition) is 1. The Labute approximate surface area is 149 Å². The summed E-state index contributed by atoms with van der Waals surface area (Å²) < 4.78 is 10.6. The molecule has 0 spiro atoms. The number of nitrogens with one attached hydrogen (secondary N) is 1. The molecule has 3 heterocycles. The lowest BCUT2D eigenvalue weighted by Crippen LogP contribution is -1.90. The van der Waals surface area contributed by atoms with Crippen molar-refractivity contribution in [1.29, 1.82) is 0 Å². The molecule has 4 aromatic rings. The van der Waals surface area contributed by atoms with Crippen LogP contribution in [0.1, 0.15) is 0 Å². The molecule has 3 aromatic heterocycles. The first kappa shape index (κ1) is 15.8. The normalized spacial score (nSPS) is 10.5. The van der Waals surface area contributed by atoms with Crippen LogP contribution < -0.4 is 10.1 Å².